The van der Waals surface area contributed by atoms with E-state index in [2.05, 4.69) is 9.97 Å². The molecular formula is C12H10ClFN2. The van der Waals surface area contributed by atoms with Gasteiger partial charge in [0.1, 0.15) is 11.6 Å². The Balaban J connectivity index is 2.46. The van der Waals surface area contributed by atoms with Gasteiger partial charge in [-0.15, -0.1) is 11.6 Å². The molecule has 0 aliphatic rings. The Hall–Kier alpha value is -1.48. The van der Waals surface area contributed by atoms with E-state index >= 15 is 0 Å². The standard InChI is InChI=1S/C12H10ClFN2/c1-8-6-9(2-3-10(8)14)11-4-5-15-12(7-13)16-11/h2-6H,7H2,1H3. The molecule has 0 spiro atoms. The smallest absolute Gasteiger partial charge is 0.143 e. The van der Waals surface area contributed by atoms with Crippen molar-refractivity contribution in [1.82, 2.24) is 9.97 Å². The molecule has 1 aromatic heterocycles. The maximum absolute atomic E-state index is 13.1. The summed E-state index contributed by atoms with van der Waals surface area (Å²) in [5.41, 5.74) is 2.23. The Labute approximate surface area is 98.1 Å². The molecule has 1 aromatic carbocycles. The van der Waals surface area contributed by atoms with E-state index in [1.165, 1.54) is 6.07 Å². The molecule has 0 saturated carbocycles. The quantitative estimate of drug-likeness (QED) is 0.748. The molecule has 16 heavy (non-hydrogen) atoms. The summed E-state index contributed by atoms with van der Waals surface area (Å²) in [5, 5.41) is 0. The minimum absolute atomic E-state index is 0.213. The molecule has 1 heterocycles. The van der Waals surface area contributed by atoms with Crippen molar-refractivity contribution >= 4 is 11.6 Å². The van der Waals surface area contributed by atoms with Crippen LogP contribution in [0.3, 0.4) is 0 Å². The first-order valence-corrected chi connectivity index (χ1v) is 5.38. The molecule has 0 N–H and O–H groups in total. The van der Waals surface area contributed by atoms with Gasteiger partial charge < -0.3 is 0 Å². The number of halogens is 2. The number of benzene rings is 1. The van der Waals surface area contributed by atoms with Crippen LogP contribution in [0.15, 0.2) is 30.5 Å². The van der Waals surface area contributed by atoms with Gasteiger partial charge in [0, 0.05) is 11.8 Å². The first-order chi connectivity index (χ1) is 7.70. The summed E-state index contributed by atoms with van der Waals surface area (Å²) >= 11 is 5.66. The molecule has 0 radical (unpaired) electrons. The molecule has 0 aliphatic carbocycles. The van der Waals surface area contributed by atoms with E-state index < -0.39 is 0 Å². The fourth-order valence-corrected chi connectivity index (χ4v) is 1.56. The van der Waals surface area contributed by atoms with E-state index in [0.29, 0.717) is 11.4 Å². The van der Waals surface area contributed by atoms with Crippen molar-refractivity contribution in [3.63, 3.8) is 0 Å². The van der Waals surface area contributed by atoms with E-state index in [1.807, 2.05) is 0 Å². The molecule has 2 aromatic rings. The summed E-state index contributed by atoms with van der Waals surface area (Å²) < 4.78 is 13.1. The van der Waals surface area contributed by atoms with Crippen LogP contribution in [-0.2, 0) is 5.88 Å². The highest BCUT2D eigenvalue weighted by atomic mass is 35.5. The highest BCUT2D eigenvalue weighted by Gasteiger charge is 2.04. The average molecular weight is 237 g/mol. The first-order valence-electron chi connectivity index (χ1n) is 4.85. The number of aryl methyl sites for hydroxylation is 1. The first kappa shape index (κ1) is 11.0. The predicted molar refractivity (Wildman–Crippen MR) is 61.7 cm³/mol. The van der Waals surface area contributed by atoms with E-state index in [0.717, 1.165) is 11.3 Å². The minimum atomic E-state index is -0.213. The van der Waals surface area contributed by atoms with Gasteiger partial charge in [0.25, 0.3) is 0 Å². The number of hydrogen-bond donors (Lipinski definition) is 0. The predicted octanol–water partition coefficient (Wildman–Crippen LogP) is 3.33. The maximum atomic E-state index is 13.1. The summed E-state index contributed by atoms with van der Waals surface area (Å²) in [6.07, 6.45) is 1.65. The van der Waals surface area contributed by atoms with Crippen LogP contribution in [0.2, 0.25) is 0 Å². The maximum Gasteiger partial charge on any atom is 0.143 e. The lowest BCUT2D eigenvalue weighted by Gasteiger charge is -2.03. The molecule has 0 amide bonds. The Morgan fingerprint density at radius 3 is 2.81 bits per heavy atom. The Morgan fingerprint density at radius 1 is 1.31 bits per heavy atom. The second-order valence-corrected chi connectivity index (χ2v) is 3.72. The van der Waals surface area contributed by atoms with Gasteiger partial charge in [0.2, 0.25) is 0 Å². The Kier molecular flexibility index (Phi) is 3.15. The van der Waals surface area contributed by atoms with Crippen molar-refractivity contribution < 1.29 is 4.39 Å². The van der Waals surface area contributed by atoms with Crippen molar-refractivity contribution in [2.45, 2.75) is 12.8 Å². The van der Waals surface area contributed by atoms with Gasteiger partial charge in [0.15, 0.2) is 0 Å². The fraction of sp³-hybridized carbons (Fsp3) is 0.167. The molecular weight excluding hydrogens is 227 g/mol. The van der Waals surface area contributed by atoms with Crippen LogP contribution in [0.25, 0.3) is 11.3 Å². The number of alkyl halides is 1. The molecule has 82 valence electrons. The van der Waals surface area contributed by atoms with Crippen molar-refractivity contribution in [3.05, 3.63) is 47.7 Å². The minimum Gasteiger partial charge on any atom is -0.240 e. The van der Waals surface area contributed by atoms with Gasteiger partial charge in [0.05, 0.1) is 11.6 Å². The lowest BCUT2D eigenvalue weighted by Crippen LogP contribution is -1.93. The zero-order chi connectivity index (χ0) is 11.5. The fourth-order valence-electron chi connectivity index (χ4n) is 1.43. The highest BCUT2D eigenvalue weighted by Crippen LogP contribution is 2.19. The summed E-state index contributed by atoms with van der Waals surface area (Å²) in [6, 6.07) is 6.67. The van der Waals surface area contributed by atoms with Gasteiger partial charge in [-0.3, -0.25) is 0 Å². The van der Waals surface area contributed by atoms with E-state index in [-0.39, 0.29) is 11.7 Å². The third-order valence-electron chi connectivity index (χ3n) is 2.28. The largest absolute Gasteiger partial charge is 0.240 e. The average Bonchev–Trinajstić information content (AvgIpc) is 2.33. The van der Waals surface area contributed by atoms with E-state index in [1.54, 1.807) is 31.3 Å². The number of hydrogen-bond acceptors (Lipinski definition) is 2. The normalized spacial score (nSPS) is 10.4. The van der Waals surface area contributed by atoms with Gasteiger partial charge in [-0.2, -0.15) is 0 Å². The molecule has 2 nitrogen and oxygen atoms in total. The Morgan fingerprint density at radius 2 is 2.12 bits per heavy atom. The second-order valence-electron chi connectivity index (χ2n) is 3.46. The molecule has 0 unspecified atom stereocenters. The van der Waals surface area contributed by atoms with Crippen LogP contribution in [0.4, 0.5) is 4.39 Å². The zero-order valence-electron chi connectivity index (χ0n) is 8.74. The lowest BCUT2D eigenvalue weighted by atomic mass is 10.1. The number of aromatic nitrogens is 2. The lowest BCUT2D eigenvalue weighted by molar-refractivity contribution is 0.619. The topological polar surface area (TPSA) is 25.8 Å². The van der Waals surface area contributed by atoms with Gasteiger partial charge >= 0.3 is 0 Å². The zero-order valence-corrected chi connectivity index (χ0v) is 9.50. The van der Waals surface area contributed by atoms with E-state index in [4.69, 9.17) is 11.6 Å². The highest BCUT2D eigenvalue weighted by molar-refractivity contribution is 6.16. The van der Waals surface area contributed by atoms with Gasteiger partial charge in [-0.05, 0) is 36.8 Å². The van der Waals surface area contributed by atoms with Crippen molar-refractivity contribution in [2.75, 3.05) is 0 Å². The summed E-state index contributed by atoms with van der Waals surface area (Å²) in [5.74, 6) is 0.630. The SMILES string of the molecule is Cc1cc(-c2ccnc(CCl)n2)ccc1F. The molecule has 4 heteroatoms. The summed E-state index contributed by atoms with van der Waals surface area (Å²) in [6.45, 7) is 1.72. The molecule has 0 atom stereocenters. The monoisotopic (exact) mass is 236 g/mol. The number of nitrogens with zero attached hydrogens (tertiary/aromatic N) is 2. The second kappa shape index (κ2) is 4.58. The summed E-state index contributed by atoms with van der Waals surface area (Å²) in [4.78, 5) is 8.27. The van der Waals surface area contributed by atoms with Crippen LogP contribution in [-0.4, -0.2) is 9.97 Å². The third kappa shape index (κ3) is 2.19. The third-order valence-corrected chi connectivity index (χ3v) is 2.52. The van der Waals surface area contributed by atoms with Crippen LogP contribution >= 0.6 is 11.6 Å². The van der Waals surface area contributed by atoms with Crippen molar-refractivity contribution in [3.8, 4) is 11.3 Å². The summed E-state index contributed by atoms with van der Waals surface area (Å²) in [7, 11) is 0. The van der Waals surface area contributed by atoms with Crippen LogP contribution in [0.1, 0.15) is 11.4 Å². The molecule has 2 rings (SSSR count). The van der Waals surface area contributed by atoms with Crippen LogP contribution in [0.5, 0.6) is 0 Å². The van der Waals surface area contributed by atoms with Gasteiger partial charge in [-0.25, -0.2) is 14.4 Å². The van der Waals surface area contributed by atoms with Crippen LogP contribution < -0.4 is 0 Å². The van der Waals surface area contributed by atoms with Crippen molar-refractivity contribution in [2.24, 2.45) is 0 Å². The molecule has 0 bridgehead atoms. The van der Waals surface area contributed by atoms with Crippen LogP contribution in [0, 0.1) is 12.7 Å². The van der Waals surface area contributed by atoms with Crippen molar-refractivity contribution in [1.29, 1.82) is 0 Å². The Bertz CT molecular complexity index is 514. The number of rotatable bonds is 2. The van der Waals surface area contributed by atoms with Gasteiger partial charge in [-0.1, -0.05) is 0 Å². The van der Waals surface area contributed by atoms with E-state index in [9.17, 15) is 4.39 Å². The molecule has 0 aliphatic heterocycles. The molecule has 0 saturated heterocycles. The molecule has 0 fully saturated rings.